The number of para-hydroxylation sites is 2. The lowest BCUT2D eigenvalue weighted by atomic mass is 9.90. The van der Waals surface area contributed by atoms with E-state index in [1.54, 1.807) is 6.92 Å². The normalized spacial score (nSPS) is 16.4. The predicted molar refractivity (Wildman–Crippen MR) is 110 cm³/mol. The number of amides is 1. The van der Waals surface area contributed by atoms with Gasteiger partial charge in [0.25, 0.3) is 0 Å². The Kier molecular flexibility index (Phi) is 5.44. The van der Waals surface area contributed by atoms with Crippen molar-refractivity contribution in [2.45, 2.75) is 38.8 Å². The van der Waals surface area contributed by atoms with Crippen LogP contribution in [0.5, 0.6) is 0 Å². The second-order valence-electron chi connectivity index (χ2n) is 7.73. The first-order valence-electron chi connectivity index (χ1n) is 10.1. The van der Waals surface area contributed by atoms with Crippen molar-refractivity contribution >= 4 is 16.9 Å². The molecule has 1 fully saturated rings. The number of aliphatic hydroxyl groups excluding tert-OH is 1. The zero-order valence-corrected chi connectivity index (χ0v) is 16.3. The number of nitrogens with zero attached hydrogens (tertiary/aromatic N) is 3. The number of imidazole rings is 1. The third-order valence-electron chi connectivity index (χ3n) is 5.69. The molecule has 2 heterocycles. The van der Waals surface area contributed by atoms with Crippen LogP contribution in [0.25, 0.3) is 11.0 Å². The minimum Gasteiger partial charge on any atom is -0.385 e. The van der Waals surface area contributed by atoms with Crippen LogP contribution in [0.15, 0.2) is 54.6 Å². The average molecular weight is 377 g/mol. The molecule has 1 aliphatic heterocycles. The number of aliphatic hydroxyl groups is 1. The highest BCUT2D eigenvalue weighted by molar-refractivity contribution is 5.81. The van der Waals surface area contributed by atoms with Gasteiger partial charge in [-0.05, 0) is 49.8 Å². The number of fused-ring (bicyclic) bond motifs is 1. The van der Waals surface area contributed by atoms with Gasteiger partial charge in [-0.25, -0.2) is 4.98 Å². The number of rotatable bonds is 5. The van der Waals surface area contributed by atoms with E-state index in [1.165, 1.54) is 5.56 Å². The molecular formula is C23H27N3O2. The summed E-state index contributed by atoms with van der Waals surface area (Å²) >= 11 is 0. The smallest absolute Gasteiger partial charge is 0.242 e. The summed E-state index contributed by atoms with van der Waals surface area (Å²) in [5.74, 6) is 1.28. The number of hydrogen-bond acceptors (Lipinski definition) is 3. The van der Waals surface area contributed by atoms with Crippen molar-refractivity contribution in [3.05, 3.63) is 66.0 Å². The molecule has 1 aromatic heterocycles. The number of piperidine rings is 1. The Morgan fingerprint density at radius 2 is 1.79 bits per heavy atom. The van der Waals surface area contributed by atoms with E-state index in [0.717, 1.165) is 43.4 Å². The maximum Gasteiger partial charge on any atom is 0.242 e. The zero-order chi connectivity index (χ0) is 19.5. The minimum absolute atomic E-state index is 0.100. The molecule has 28 heavy (non-hydrogen) atoms. The van der Waals surface area contributed by atoms with Gasteiger partial charge in [0, 0.05) is 13.1 Å². The number of hydrogen-bond donors (Lipinski definition) is 1. The second-order valence-corrected chi connectivity index (χ2v) is 7.73. The van der Waals surface area contributed by atoms with Crippen molar-refractivity contribution in [1.82, 2.24) is 14.5 Å². The number of carbonyl (C=O) groups is 1. The number of likely N-dealkylation sites (tertiary alicyclic amines) is 1. The quantitative estimate of drug-likeness (QED) is 0.739. The van der Waals surface area contributed by atoms with Crippen molar-refractivity contribution in [3.63, 3.8) is 0 Å². The van der Waals surface area contributed by atoms with Crippen molar-refractivity contribution in [2.75, 3.05) is 13.1 Å². The van der Waals surface area contributed by atoms with Crippen molar-refractivity contribution in [1.29, 1.82) is 0 Å². The Balaban J connectivity index is 1.41. The number of aromatic nitrogens is 2. The van der Waals surface area contributed by atoms with Gasteiger partial charge in [-0.1, -0.05) is 42.5 Å². The highest BCUT2D eigenvalue weighted by atomic mass is 16.3. The fourth-order valence-electron chi connectivity index (χ4n) is 4.15. The molecule has 1 saturated heterocycles. The van der Waals surface area contributed by atoms with Crippen LogP contribution >= 0.6 is 0 Å². The van der Waals surface area contributed by atoms with Crippen LogP contribution in [0.3, 0.4) is 0 Å². The lowest BCUT2D eigenvalue weighted by Crippen LogP contribution is -2.40. The molecule has 5 heteroatoms. The van der Waals surface area contributed by atoms with E-state index >= 15 is 0 Å². The monoisotopic (exact) mass is 377 g/mol. The summed E-state index contributed by atoms with van der Waals surface area (Å²) in [6, 6.07) is 18.3. The molecule has 0 bridgehead atoms. The molecule has 2 aromatic carbocycles. The Morgan fingerprint density at radius 3 is 2.50 bits per heavy atom. The van der Waals surface area contributed by atoms with Gasteiger partial charge in [0.15, 0.2) is 0 Å². The summed E-state index contributed by atoms with van der Waals surface area (Å²) in [7, 11) is 0. The van der Waals surface area contributed by atoms with Gasteiger partial charge in [0.2, 0.25) is 5.91 Å². The van der Waals surface area contributed by atoms with E-state index in [1.807, 2.05) is 39.8 Å². The molecule has 1 atom stereocenters. The first-order chi connectivity index (χ1) is 13.6. The summed E-state index contributed by atoms with van der Waals surface area (Å²) in [6.45, 7) is 3.52. The third kappa shape index (κ3) is 3.94. The molecule has 4 rings (SSSR count). The van der Waals surface area contributed by atoms with Gasteiger partial charge < -0.3 is 14.6 Å². The molecule has 0 spiro atoms. The van der Waals surface area contributed by atoms with Gasteiger partial charge in [-0.2, -0.15) is 0 Å². The Morgan fingerprint density at radius 1 is 1.11 bits per heavy atom. The molecule has 146 valence electrons. The molecule has 5 nitrogen and oxygen atoms in total. The van der Waals surface area contributed by atoms with E-state index < -0.39 is 6.10 Å². The molecule has 0 radical (unpaired) electrons. The molecule has 1 N–H and O–H groups in total. The predicted octanol–water partition coefficient (Wildman–Crippen LogP) is 3.57. The summed E-state index contributed by atoms with van der Waals surface area (Å²) < 4.78 is 1.86. The van der Waals surface area contributed by atoms with Crippen LogP contribution in [0.4, 0.5) is 0 Å². The van der Waals surface area contributed by atoms with Crippen molar-refractivity contribution in [2.24, 2.45) is 5.92 Å². The Bertz CT molecular complexity index is 941. The van der Waals surface area contributed by atoms with E-state index in [0.29, 0.717) is 11.7 Å². The fourth-order valence-corrected chi connectivity index (χ4v) is 4.15. The van der Waals surface area contributed by atoms with Gasteiger partial charge in [-0.3, -0.25) is 4.79 Å². The van der Waals surface area contributed by atoms with Gasteiger partial charge >= 0.3 is 0 Å². The lowest BCUT2D eigenvalue weighted by molar-refractivity contribution is -0.133. The Labute approximate surface area is 165 Å². The molecular weight excluding hydrogens is 350 g/mol. The second kappa shape index (κ2) is 8.15. The highest BCUT2D eigenvalue weighted by Gasteiger charge is 2.25. The van der Waals surface area contributed by atoms with Gasteiger partial charge in [0.05, 0.1) is 11.0 Å². The van der Waals surface area contributed by atoms with Crippen LogP contribution in [0.2, 0.25) is 0 Å². The summed E-state index contributed by atoms with van der Waals surface area (Å²) in [5, 5.41) is 10.1. The van der Waals surface area contributed by atoms with Gasteiger partial charge in [-0.15, -0.1) is 0 Å². The van der Waals surface area contributed by atoms with Crippen LogP contribution in [0, 0.1) is 5.92 Å². The van der Waals surface area contributed by atoms with Gasteiger partial charge in [0.1, 0.15) is 18.5 Å². The van der Waals surface area contributed by atoms with Crippen LogP contribution < -0.4 is 0 Å². The number of benzene rings is 2. The van der Waals surface area contributed by atoms with Crippen LogP contribution in [0.1, 0.15) is 37.3 Å². The number of carbonyl (C=O) groups excluding carboxylic acids is 1. The molecule has 0 aliphatic carbocycles. The van der Waals surface area contributed by atoms with E-state index in [4.69, 9.17) is 0 Å². The zero-order valence-electron chi connectivity index (χ0n) is 16.3. The van der Waals surface area contributed by atoms with E-state index in [9.17, 15) is 9.90 Å². The first kappa shape index (κ1) is 18.7. The molecule has 3 aromatic rings. The maximum atomic E-state index is 12.9. The first-order valence-corrected chi connectivity index (χ1v) is 10.1. The molecule has 1 unspecified atom stereocenters. The standard InChI is InChI=1S/C23H27N3O2/c1-17(27)23-24-20-9-5-6-10-21(20)26(23)16-22(28)25-13-11-19(12-14-25)15-18-7-3-2-4-8-18/h2-10,17,19,27H,11-16H2,1H3. The van der Waals surface area contributed by atoms with Crippen LogP contribution in [-0.4, -0.2) is 38.6 Å². The summed E-state index contributed by atoms with van der Waals surface area (Å²) in [6.07, 6.45) is 2.45. The SMILES string of the molecule is CC(O)c1nc2ccccc2n1CC(=O)N1CCC(Cc2ccccc2)CC1. The highest BCUT2D eigenvalue weighted by Crippen LogP contribution is 2.24. The molecule has 0 saturated carbocycles. The largest absolute Gasteiger partial charge is 0.385 e. The molecule has 1 aliphatic rings. The van der Waals surface area contributed by atoms with E-state index in [2.05, 4.69) is 29.2 Å². The fraction of sp³-hybridized carbons (Fsp3) is 0.391. The molecule has 1 amide bonds. The summed E-state index contributed by atoms with van der Waals surface area (Å²) in [4.78, 5) is 19.4. The van der Waals surface area contributed by atoms with E-state index in [-0.39, 0.29) is 12.5 Å². The lowest BCUT2D eigenvalue weighted by Gasteiger charge is -2.32. The summed E-state index contributed by atoms with van der Waals surface area (Å²) in [5.41, 5.74) is 3.08. The minimum atomic E-state index is -0.711. The van der Waals surface area contributed by atoms with Crippen molar-refractivity contribution in [3.8, 4) is 0 Å². The van der Waals surface area contributed by atoms with Crippen molar-refractivity contribution < 1.29 is 9.90 Å². The van der Waals surface area contributed by atoms with Crippen LogP contribution in [-0.2, 0) is 17.8 Å². The Hall–Kier alpha value is -2.66. The topological polar surface area (TPSA) is 58.4 Å². The average Bonchev–Trinajstić information content (AvgIpc) is 3.08. The third-order valence-corrected chi connectivity index (χ3v) is 5.69. The maximum absolute atomic E-state index is 12.9.